The second-order valence-corrected chi connectivity index (χ2v) is 8.50. The highest BCUT2D eigenvalue weighted by Gasteiger charge is 2.20. The van der Waals surface area contributed by atoms with Crippen LogP contribution in [0.4, 0.5) is 17.1 Å². The second kappa shape index (κ2) is 11.9. The van der Waals surface area contributed by atoms with Crippen molar-refractivity contribution in [3.05, 3.63) is 88.5 Å². The number of amides is 2. The number of hydrogen-bond acceptors (Lipinski definition) is 6. The van der Waals surface area contributed by atoms with Crippen molar-refractivity contribution >= 4 is 40.6 Å². The predicted octanol–water partition coefficient (Wildman–Crippen LogP) is 5.76. The van der Waals surface area contributed by atoms with E-state index in [0.29, 0.717) is 35.7 Å². The summed E-state index contributed by atoms with van der Waals surface area (Å²) in [7, 11) is 0. The molecule has 3 aromatic carbocycles. The summed E-state index contributed by atoms with van der Waals surface area (Å²) in [6.45, 7) is 4.32. The van der Waals surface area contributed by atoms with Gasteiger partial charge in [-0.25, -0.2) is 0 Å². The van der Waals surface area contributed by atoms with E-state index in [1.165, 1.54) is 36.0 Å². The molecule has 0 aromatic heterocycles. The number of non-ortho nitro benzene ring substituents is 1. The summed E-state index contributed by atoms with van der Waals surface area (Å²) < 4.78 is 5.58. The van der Waals surface area contributed by atoms with E-state index in [1.54, 1.807) is 24.3 Å². The van der Waals surface area contributed by atoms with Gasteiger partial charge >= 0.3 is 0 Å². The number of carbonyl (C=O) groups is 2. The number of thioether (sulfide) groups is 1. The molecular weight excluding hydrogens is 454 g/mol. The standard InChI is InChI=1S/C25H25N3O5S/c1-3-23(25(30)27-21-10-5-6-11-22(21)33-4-2)34-20-9-7-8-18(16-20)26-24(29)17-12-14-19(15-13-17)28(31)32/h5-16,23H,3-4H2,1-2H3,(H,26,29)(H,27,30). The Bertz CT molecular complexity index is 1170. The molecule has 9 heteroatoms. The highest BCUT2D eigenvalue weighted by Crippen LogP contribution is 2.30. The van der Waals surface area contributed by atoms with Gasteiger partial charge in [-0.05, 0) is 55.8 Å². The van der Waals surface area contributed by atoms with Gasteiger partial charge in [-0.15, -0.1) is 11.8 Å². The molecule has 8 nitrogen and oxygen atoms in total. The Morgan fingerprint density at radius 1 is 1.00 bits per heavy atom. The first-order valence-electron chi connectivity index (χ1n) is 10.8. The van der Waals surface area contributed by atoms with Crippen LogP contribution in [0.1, 0.15) is 30.6 Å². The molecule has 0 saturated heterocycles. The first-order chi connectivity index (χ1) is 16.4. The number of carbonyl (C=O) groups excluding carboxylic acids is 2. The lowest BCUT2D eigenvalue weighted by Crippen LogP contribution is -2.24. The quantitative estimate of drug-likeness (QED) is 0.217. The molecule has 0 heterocycles. The third kappa shape index (κ3) is 6.58. The van der Waals surface area contributed by atoms with Crippen LogP contribution < -0.4 is 15.4 Å². The van der Waals surface area contributed by atoms with Crippen molar-refractivity contribution in [1.29, 1.82) is 0 Å². The van der Waals surface area contributed by atoms with Crippen LogP contribution in [0.5, 0.6) is 5.75 Å². The van der Waals surface area contributed by atoms with Crippen molar-refractivity contribution in [1.82, 2.24) is 0 Å². The molecule has 0 radical (unpaired) electrons. The summed E-state index contributed by atoms with van der Waals surface area (Å²) in [6.07, 6.45) is 0.604. The van der Waals surface area contributed by atoms with Gasteiger partial charge in [-0.1, -0.05) is 25.1 Å². The van der Waals surface area contributed by atoms with Gasteiger partial charge in [0.25, 0.3) is 11.6 Å². The third-order valence-corrected chi connectivity index (χ3v) is 6.18. The Labute approximate surface area is 201 Å². The van der Waals surface area contributed by atoms with Gasteiger partial charge in [0.1, 0.15) is 5.75 Å². The zero-order valence-corrected chi connectivity index (χ0v) is 19.6. The smallest absolute Gasteiger partial charge is 0.269 e. The third-order valence-electron chi connectivity index (χ3n) is 4.82. The first-order valence-corrected chi connectivity index (χ1v) is 11.6. The van der Waals surface area contributed by atoms with Crippen LogP contribution in [0, 0.1) is 10.1 Å². The topological polar surface area (TPSA) is 111 Å². The minimum absolute atomic E-state index is 0.0808. The zero-order chi connectivity index (χ0) is 24.5. The van der Waals surface area contributed by atoms with Gasteiger partial charge in [-0.3, -0.25) is 19.7 Å². The molecule has 0 saturated carbocycles. The zero-order valence-electron chi connectivity index (χ0n) is 18.8. The van der Waals surface area contributed by atoms with E-state index < -0.39 is 4.92 Å². The summed E-state index contributed by atoms with van der Waals surface area (Å²) in [6, 6.07) is 19.9. The highest BCUT2D eigenvalue weighted by molar-refractivity contribution is 8.00. The van der Waals surface area contributed by atoms with Crippen LogP contribution in [0.15, 0.2) is 77.7 Å². The molecule has 0 fully saturated rings. The Morgan fingerprint density at radius 2 is 1.74 bits per heavy atom. The maximum Gasteiger partial charge on any atom is 0.269 e. The SMILES string of the molecule is CCOc1ccccc1NC(=O)C(CC)Sc1cccc(NC(=O)c2ccc([N+](=O)[O-])cc2)c1. The van der Waals surface area contributed by atoms with Crippen molar-refractivity contribution < 1.29 is 19.2 Å². The summed E-state index contributed by atoms with van der Waals surface area (Å²) in [5, 5.41) is 16.2. The van der Waals surface area contributed by atoms with Gasteiger partial charge in [-0.2, -0.15) is 0 Å². The van der Waals surface area contributed by atoms with Crippen LogP contribution in [-0.4, -0.2) is 28.6 Å². The number of nitro groups is 1. The van der Waals surface area contributed by atoms with Gasteiger partial charge < -0.3 is 15.4 Å². The van der Waals surface area contributed by atoms with E-state index in [9.17, 15) is 19.7 Å². The molecule has 0 aliphatic rings. The lowest BCUT2D eigenvalue weighted by molar-refractivity contribution is -0.384. The molecule has 3 rings (SSSR count). The number of nitrogens with one attached hydrogen (secondary N) is 2. The minimum atomic E-state index is -0.516. The molecule has 1 atom stereocenters. The Morgan fingerprint density at radius 3 is 2.41 bits per heavy atom. The molecule has 2 amide bonds. The average molecular weight is 480 g/mol. The molecule has 176 valence electrons. The largest absolute Gasteiger partial charge is 0.492 e. The Balaban J connectivity index is 1.66. The fourth-order valence-corrected chi connectivity index (χ4v) is 4.15. The number of ether oxygens (including phenoxy) is 1. The maximum absolute atomic E-state index is 12.9. The molecule has 34 heavy (non-hydrogen) atoms. The summed E-state index contributed by atoms with van der Waals surface area (Å²) in [4.78, 5) is 36.5. The van der Waals surface area contributed by atoms with E-state index >= 15 is 0 Å². The molecule has 3 aromatic rings. The second-order valence-electron chi connectivity index (χ2n) is 7.22. The van der Waals surface area contributed by atoms with Gasteiger partial charge in [0.2, 0.25) is 5.91 Å². The van der Waals surface area contributed by atoms with Crippen molar-refractivity contribution in [2.75, 3.05) is 17.2 Å². The van der Waals surface area contributed by atoms with E-state index in [2.05, 4.69) is 10.6 Å². The molecule has 0 bridgehead atoms. The predicted molar refractivity (Wildman–Crippen MR) is 134 cm³/mol. The fourth-order valence-electron chi connectivity index (χ4n) is 3.14. The Kier molecular flexibility index (Phi) is 8.64. The van der Waals surface area contributed by atoms with Gasteiger partial charge in [0.05, 0.1) is 22.5 Å². The fraction of sp³-hybridized carbons (Fsp3) is 0.200. The lowest BCUT2D eigenvalue weighted by atomic mass is 10.2. The van der Waals surface area contributed by atoms with Crippen LogP contribution in [0.2, 0.25) is 0 Å². The molecular formula is C25H25N3O5S. The molecule has 1 unspecified atom stereocenters. The first kappa shape index (κ1) is 24.8. The number of nitrogens with zero attached hydrogens (tertiary/aromatic N) is 1. The lowest BCUT2D eigenvalue weighted by Gasteiger charge is -2.17. The minimum Gasteiger partial charge on any atom is -0.492 e. The van der Waals surface area contributed by atoms with Crippen molar-refractivity contribution in [2.24, 2.45) is 0 Å². The molecule has 0 spiro atoms. The van der Waals surface area contributed by atoms with Crippen LogP contribution in [0.25, 0.3) is 0 Å². The number of benzene rings is 3. The maximum atomic E-state index is 12.9. The summed E-state index contributed by atoms with van der Waals surface area (Å²) in [5.41, 5.74) is 1.41. The van der Waals surface area contributed by atoms with Crippen LogP contribution in [0.3, 0.4) is 0 Å². The van der Waals surface area contributed by atoms with Crippen molar-refractivity contribution in [2.45, 2.75) is 30.4 Å². The number of anilines is 2. The Hall–Kier alpha value is -3.85. The van der Waals surface area contributed by atoms with E-state index in [0.717, 1.165) is 4.90 Å². The number of para-hydroxylation sites is 2. The van der Waals surface area contributed by atoms with E-state index in [4.69, 9.17) is 4.74 Å². The highest BCUT2D eigenvalue weighted by atomic mass is 32.2. The molecule has 2 N–H and O–H groups in total. The van der Waals surface area contributed by atoms with E-state index in [-0.39, 0.29) is 22.8 Å². The summed E-state index contributed by atoms with van der Waals surface area (Å²) >= 11 is 1.40. The summed E-state index contributed by atoms with van der Waals surface area (Å²) in [5.74, 6) is 0.100. The normalized spacial score (nSPS) is 11.4. The molecule has 0 aliphatic heterocycles. The monoisotopic (exact) mass is 479 g/mol. The number of rotatable bonds is 10. The van der Waals surface area contributed by atoms with Crippen molar-refractivity contribution in [3.63, 3.8) is 0 Å². The van der Waals surface area contributed by atoms with Crippen LogP contribution in [-0.2, 0) is 4.79 Å². The van der Waals surface area contributed by atoms with Crippen molar-refractivity contribution in [3.8, 4) is 5.75 Å². The van der Waals surface area contributed by atoms with E-state index in [1.807, 2.05) is 38.1 Å². The van der Waals surface area contributed by atoms with Gasteiger partial charge in [0.15, 0.2) is 0 Å². The average Bonchev–Trinajstić information content (AvgIpc) is 2.84. The van der Waals surface area contributed by atoms with Crippen LogP contribution >= 0.6 is 11.8 Å². The molecule has 0 aliphatic carbocycles. The number of nitro benzene ring substituents is 1. The number of hydrogen-bond donors (Lipinski definition) is 2. The van der Waals surface area contributed by atoms with Gasteiger partial charge in [0, 0.05) is 28.3 Å².